The molecule has 0 rings (SSSR count). The molecule has 0 aliphatic carbocycles. The molecule has 0 atom stereocenters. The van der Waals surface area contributed by atoms with Gasteiger partial charge in [0.15, 0.2) is 0 Å². The van der Waals surface area contributed by atoms with Gasteiger partial charge in [-0.25, -0.2) is 9.80 Å². The lowest BCUT2D eigenvalue weighted by Gasteiger charge is -2.11. The molecule has 3 amide bonds. The summed E-state index contributed by atoms with van der Waals surface area (Å²) in [6, 6.07) is -0.500. The Morgan fingerprint density at radius 1 is 1.20 bits per heavy atom. The van der Waals surface area contributed by atoms with Crippen LogP contribution in [0.1, 0.15) is 25.7 Å². The van der Waals surface area contributed by atoms with Crippen LogP contribution in [0, 0.1) is 0 Å². The average Bonchev–Trinajstić information content (AvgIpc) is 2.09. The molecule has 0 aromatic heterocycles. The van der Waals surface area contributed by atoms with Gasteiger partial charge in [0.05, 0.1) is 0 Å². The lowest BCUT2D eigenvalue weighted by atomic mass is 10.2. The number of nitrogens with one attached hydrogen (secondary N) is 2. The van der Waals surface area contributed by atoms with Crippen molar-refractivity contribution < 1.29 is 9.59 Å². The summed E-state index contributed by atoms with van der Waals surface area (Å²) in [5, 5.41) is 4.12. The van der Waals surface area contributed by atoms with E-state index < -0.39 is 6.03 Å². The van der Waals surface area contributed by atoms with Crippen LogP contribution in [-0.4, -0.2) is 37.6 Å². The van der Waals surface area contributed by atoms with E-state index in [1.807, 2.05) is 0 Å². The van der Waals surface area contributed by atoms with Crippen LogP contribution >= 0.6 is 0 Å². The van der Waals surface area contributed by atoms with Crippen LogP contribution in [0.15, 0.2) is 0 Å². The van der Waals surface area contributed by atoms with Gasteiger partial charge in [0.2, 0.25) is 5.91 Å². The molecule has 0 unspecified atom stereocenters. The van der Waals surface area contributed by atoms with Crippen LogP contribution in [0.4, 0.5) is 4.79 Å². The number of carbonyl (C=O) groups excluding carboxylic acids is 2. The molecule has 15 heavy (non-hydrogen) atoms. The second kappa shape index (κ2) is 8.05. The molecule has 0 fully saturated rings. The molecule has 0 spiro atoms. The molecular formula is C9H20N4O2. The zero-order chi connectivity index (χ0) is 11.7. The topological polar surface area (TPSA) is 87.5 Å². The molecule has 0 bridgehead atoms. The van der Waals surface area contributed by atoms with E-state index in [1.54, 1.807) is 19.1 Å². The fraction of sp³-hybridized carbons (Fsp3) is 0.778. The maximum Gasteiger partial charge on any atom is 0.312 e. The van der Waals surface area contributed by atoms with Gasteiger partial charge < -0.3 is 11.1 Å². The Balaban J connectivity index is 3.24. The lowest BCUT2D eigenvalue weighted by molar-refractivity contribution is -0.124. The van der Waals surface area contributed by atoms with Crippen LogP contribution in [-0.2, 0) is 4.79 Å². The van der Waals surface area contributed by atoms with E-state index in [0.717, 1.165) is 19.3 Å². The Labute approximate surface area is 90.2 Å². The van der Waals surface area contributed by atoms with Gasteiger partial charge in [-0.15, -0.1) is 0 Å². The number of unbranched alkanes of at least 4 members (excludes halogenated alkanes) is 2. The quantitative estimate of drug-likeness (QED) is 0.407. The minimum Gasteiger partial charge on any atom is -0.352 e. The molecule has 88 valence electrons. The number of carbonyl (C=O) groups is 2. The third-order valence-corrected chi connectivity index (χ3v) is 1.73. The van der Waals surface area contributed by atoms with E-state index in [1.165, 1.54) is 0 Å². The van der Waals surface area contributed by atoms with E-state index in [9.17, 15) is 9.59 Å². The van der Waals surface area contributed by atoms with Crippen molar-refractivity contribution in [1.82, 2.24) is 15.8 Å². The fourth-order valence-electron chi connectivity index (χ4n) is 1.10. The Morgan fingerprint density at radius 2 is 1.87 bits per heavy atom. The van der Waals surface area contributed by atoms with Crippen molar-refractivity contribution in [2.45, 2.75) is 25.7 Å². The number of hydrazine groups is 1. The highest BCUT2D eigenvalue weighted by Gasteiger charge is 2.01. The lowest BCUT2D eigenvalue weighted by Crippen LogP contribution is -2.35. The highest BCUT2D eigenvalue weighted by Crippen LogP contribution is 1.98. The molecule has 0 saturated carbocycles. The molecule has 4 N–H and O–H groups in total. The van der Waals surface area contributed by atoms with E-state index in [-0.39, 0.29) is 5.91 Å². The van der Waals surface area contributed by atoms with Crippen LogP contribution < -0.4 is 16.5 Å². The Kier molecular flexibility index (Phi) is 7.35. The van der Waals surface area contributed by atoms with Crippen LogP contribution in [0.5, 0.6) is 0 Å². The summed E-state index contributed by atoms with van der Waals surface area (Å²) in [6.07, 6.45) is 3.08. The molecule has 0 aliphatic rings. The Bertz CT molecular complexity index is 206. The number of hydrogen-bond donors (Lipinski definition) is 3. The minimum atomic E-state index is -0.500. The first-order chi connectivity index (χ1) is 7.02. The van der Waals surface area contributed by atoms with Gasteiger partial charge in [-0.05, 0) is 12.8 Å². The second-order valence-corrected chi connectivity index (χ2v) is 3.53. The summed E-state index contributed by atoms with van der Waals surface area (Å²) in [4.78, 5) is 21.5. The summed E-state index contributed by atoms with van der Waals surface area (Å²) in [5.41, 5.74) is 7.55. The number of hydrogen-bond acceptors (Lipinski definition) is 3. The molecule has 6 heteroatoms. The van der Waals surface area contributed by atoms with E-state index in [2.05, 4.69) is 10.7 Å². The molecule has 0 aromatic carbocycles. The monoisotopic (exact) mass is 216 g/mol. The van der Waals surface area contributed by atoms with Gasteiger partial charge in [-0.2, -0.15) is 0 Å². The maximum atomic E-state index is 11.2. The third-order valence-electron chi connectivity index (χ3n) is 1.73. The van der Waals surface area contributed by atoms with Crippen molar-refractivity contribution in [3.63, 3.8) is 0 Å². The largest absolute Gasteiger partial charge is 0.352 e. The van der Waals surface area contributed by atoms with Crippen molar-refractivity contribution in [2.24, 2.45) is 5.73 Å². The van der Waals surface area contributed by atoms with Gasteiger partial charge in [0.1, 0.15) is 0 Å². The molecular weight excluding hydrogens is 196 g/mol. The molecule has 0 heterocycles. The summed E-state index contributed by atoms with van der Waals surface area (Å²) in [6.45, 7) is 0.574. The SMILES string of the molecule is CN(C)NC(=O)CCCCCNC(N)=O. The van der Waals surface area contributed by atoms with Crippen molar-refractivity contribution in [3.05, 3.63) is 0 Å². The highest BCUT2D eigenvalue weighted by atomic mass is 16.2. The molecule has 6 nitrogen and oxygen atoms in total. The number of nitrogens with two attached hydrogens (primary N) is 1. The number of rotatable bonds is 7. The predicted octanol–water partition coefficient (Wildman–Crippen LogP) is -0.192. The molecule has 0 saturated heterocycles. The Morgan fingerprint density at radius 3 is 2.40 bits per heavy atom. The van der Waals surface area contributed by atoms with Crippen molar-refractivity contribution in [1.29, 1.82) is 0 Å². The predicted molar refractivity (Wildman–Crippen MR) is 57.9 cm³/mol. The first-order valence-electron chi connectivity index (χ1n) is 5.02. The fourth-order valence-corrected chi connectivity index (χ4v) is 1.10. The van der Waals surface area contributed by atoms with Gasteiger partial charge in [0.25, 0.3) is 0 Å². The van der Waals surface area contributed by atoms with E-state index >= 15 is 0 Å². The smallest absolute Gasteiger partial charge is 0.312 e. The highest BCUT2D eigenvalue weighted by molar-refractivity contribution is 5.75. The Hall–Kier alpha value is -1.30. The van der Waals surface area contributed by atoms with Crippen LogP contribution in [0.2, 0.25) is 0 Å². The van der Waals surface area contributed by atoms with Crippen LogP contribution in [0.3, 0.4) is 0 Å². The first-order valence-corrected chi connectivity index (χ1v) is 5.02. The normalized spacial score (nSPS) is 10.1. The van der Waals surface area contributed by atoms with Gasteiger partial charge >= 0.3 is 6.03 Å². The van der Waals surface area contributed by atoms with E-state index in [4.69, 9.17) is 5.73 Å². The van der Waals surface area contributed by atoms with Gasteiger partial charge in [-0.3, -0.25) is 10.2 Å². The average molecular weight is 216 g/mol. The van der Waals surface area contributed by atoms with Crippen molar-refractivity contribution in [3.8, 4) is 0 Å². The number of amides is 3. The number of primary amides is 1. The molecule has 0 aromatic rings. The third kappa shape index (κ3) is 10.6. The zero-order valence-electron chi connectivity index (χ0n) is 9.38. The molecule has 0 aliphatic heterocycles. The minimum absolute atomic E-state index is 0.0165. The standard InChI is InChI=1S/C9H20N4O2/c1-13(2)12-8(14)6-4-3-5-7-11-9(10)15/h3-7H2,1-2H3,(H,12,14)(H3,10,11,15). The second-order valence-electron chi connectivity index (χ2n) is 3.53. The summed E-state index contributed by atoms with van der Waals surface area (Å²) in [7, 11) is 3.54. The summed E-state index contributed by atoms with van der Waals surface area (Å²) in [5.74, 6) is 0.0165. The maximum absolute atomic E-state index is 11.2. The van der Waals surface area contributed by atoms with E-state index in [0.29, 0.717) is 13.0 Å². The van der Waals surface area contributed by atoms with Gasteiger partial charge in [0, 0.05) is 27.1 Å². The van der Waals surface area contributed by atoms with Crippen molar-refractivity contribution >= 4 is 11.9 Å². The van der Waals surface area contributed by atoms with Crippen LogP contribution in [0.25, 0.3) is 0 Å². The summed E-state index contributed by atoms with van der Waals surface area (Å²) < 4.78 is 0. The van der Waals surface area contributed by atoms with Gasteiger partial charge in [-0.1, -0.05) is 6.42 Å². The zero-order valence-corrected chi connectivity index (χ0v) is 9.38. The number of urea groups is 1. The number of nitrogens with zero attached hydrogens (tertiary/aromatic N) is 1. The molecule has 0 radical (unpaired) electrons. The first kappa shape index (κ1) is 13.7. The van der Waals surface area contributed by atoms with Crippen molar-refractivity contribution in [2.75, 3.05) is 20.6 Å². The summed E-state index contributed by atoms with van der Waals surface area (Å²) >= 11 is 0.